The highest BCUT2D eigenvalue weighted by Gasteiger charge is 1.94. The molecule has 1 heterocycles. The zero-order valence-electron chi connectivity index (χ0n) is 4.37. The van der Waals surface area contributed by atoms with Crippen LogP contribution in [0.1, 0.15) is 0 Å². The Balaban J connectivity index is 2.51. The molecule has 0 saturated carbocycles. The minimum absolute atomic E-state index is 0.653. The molecule has 1 aliphatic heterocycles. The molecule has 0 fully saturated rings. The van der Waals surface area contributed by atoms with E-state index in [0.717, 1.165) is 0 Å². The summed E-state index contributed by atoms with van der Waals surface area (Å²) in [5, 5.41) is 0. The Bertz CT molecular complexity index is 137. The fourth-order valence-corrected chi connectivity index (χ4v) is 0.535. The van der Waals surface area contributed by atoms with Crippen molar-refractivity contribution in [1.29, 1.82) is 0 Å². The molecule has 41 valence electrons. The van der Waals surface area contributed by atoms with Crippen LogP contribution in [0.3, 0.4) is 0 Å². The number of rotatable bonds is 1. The Morgan fingerprint density at radius 1 is 1.50 bits per heavy atom. The molecule has 0 bridgehead atoms. The van der Waals surface area contributed by atoms with E-state index in [2.05, 4.69) is 0 Å². The summed E-state index contributed by atoms with van der Waals surface area (Å²) in [5.41, 5.74) is 0. The zero-order chi connectivity index (χ0) is 5.82. The molecule has 1 aliphatic rings. The van der Waals surface area contributed by atoms with E-state index in [9.17, 15) is 4.79 Å². The highest BCUT2D eigenvalue weighted by Crippen LogP contribution is 1.92. The first-order chi connectivity index (χ1) is 3.93. The fraction of sp³-hybridized carbons (Fsp3) is 0.167. The second-order valence-corrected chi connectivity index (χ2v) is 1.51. The monoisotopic (exact) mass is 108 g/mol. The lowest BCUT2D eigenvalue weighted by atomic mass is 10.4. The predicted octanol–water partition coefficient (Wildman–Crippen LogP) is 0.439. The molecule has 2 heteroatoms. The van der Waals surface area contributed by atoms with Crippen molar-refractivity contribution in [2.24, 2.45) is 0 Å². The largest absolute Gasteiger partial charge is 0.316 e. The van der Waals surface area contributed by atoms with E-state index in [1.54, 1.807) is 18.7 Å². The number of allylic oxidation sites excluding steroid dienone is 2. The maximum Gasteiger partial charge on any atom is 0.316 e. The van der Waals surface area contributed by atoms with Crippen molar-refractivity contribution in [1.82, 2.24) is 4.90 Å². The molecule has 1 rings (SSSR count). The SMILES string of the molecule is O=[C]N1C=CC=CC1. The molecule has 0 unspecified atom stereocenters. The molecular weight excluding hydrogens is 102 g/mol. The molecule has 8 heavy (non-hydrogen) atoms. The van der Waals surface area contributed by atoms with E-state index >= 15 is 0 Å². The molecule has 2 nitrogen and oxygen atoms in total. The van der Waals surface area contributed by atoms with Crippen LogP contribution < -0.4 is 0 Å². The van der Waals surface area contributed by atoms with Crippen LogP contribution in [0.15, 0.2) is 24.4 Å². The average Bonchev–Trinajstić information content (AvgIpc) is 1.90. The number of hydrogen-bond donors (Lipinski definition) is 0. The summed E-state index contributed by atoms with van der Waals surface area (Å²) in [6.45, 7) is 0.653. The van der Waals surface area contributed by atoms with E-state index in [1.807, 2.05) is 12.2 Å². The van der Waals surface area contributed by atoms with Crippen molar-refractivity contribution >= 4 is 6.41 Å². The first-order valence-electron chi connectivity index (χ1n) is 2.41. The molecule has 0 aliphatic carbocycles. The van der Waals surface area contributed by atoms with Gasteiger partial charge in [0.2, 0.25) is 0 Å². The fourth-order valence-electron chi connectivity index (χ4n) is 0.535. The molecule has 0 aromatic carbocycles. The lowest BCUT2D eigenvalue weighted by Gasteiger charge is -2.08. The summed E-state index contributed by atoms with van der Waals surface area (Å²) in [7, 11) is 0. The quantitative estimate of drug-likeness (QED) is 0.477. The highest BCUT2D eigenvalue weighted by atomic mass is 16.1. The number of nitrogens with zero attached hydrogens (tertiary/aromatic N) is 1. The van der Waals surface area contributed by atoms with Crippen molar-refractivity contribution in [3.05, 3.63) is 24.4 Å². The maximum atomic E-state index is 9.88. The summed E-state index contributed by atoms with van der Waals surface area (Å²) in [6.07, 6.45) is 9.03. The Labute approximate surface area is 48.1 Å². The Kier molecular flexibility index (Phi) is 1.47. The van der Waals surface area contributed by atoms with Crippen molar-refractivity contribution in [2.75, 3.05) is 6.54 Å². The van der Waals surface area contributed by atoms with Crippen LogP contribution in [0.5, 0.6) is 0 Å². The van der Waals surface area contributed by atoms with E-state index in [-0.39, 0.29) is 0 Å². The third kappa shape index (κ3) is 0.964. The first kappa shape index (κ1) is 5.09. The number of amides is 1. The molecular formula is C6H6NO. The summed E-state index contributed by atoms with van der Waals surface area (Å²) in [4.78, 5) is 11.3. The molecule has 0 saturated heterocycles. The summed E-state index contributed by atoms with van der Waals surface area (Å²) in [5.74, 6) is 0. The zero-order valence-corrected chi connectivity index (χ0v) is 4.37. The Hall–Kier alpha value is -1.05. The maximum absolute atomic E-state index is 9.88. The third-order valence-corrected chi connectivity index (χ3v) is 0.933. The van der Waals surface area contributed by atoms with E-state index in [4.69, 9.17) is 0 Å². The van der Waals surface area contributed by atoms with E-state index in [0.29, 0.717) is 6.54 Å². The van der Waals surface area contributed by atoms with Crippen LogP contribution >= 0.6 is 0 Å². The molecule has 0 aromatic rings. The molecule has 0 atom stereocenters. The molecule has 1 amide bonds. The van der Waals surface area contributed by atoms with Gasteiger partial charge in [-0.25, -0.2) is 0 Å². The van der Waals surface area contributed by atoms with Gasteiger partial charge in [-0.1, -0.05) is 12.2 Å². The summed E-state index contributed by atoms with van der Waals surface area (Å²) in [6, 6.07) is 0. The van der Waals surface area contributed by atoms with Crippen LogP contribution in [-0.4, -0.2) is 17.9 Å². The van der Waals surface area contributed by atoms with Gasteiger partial charge in [0, 0.05) is 12.7 Å². The van der Waals surface area contributed by atoms with Crippen molar-refractivity contribution in [2.45, 2.75) is 0 Å². The molecule has 0 N–H and O–H groups in total. The van der Waals surface area contributed by atoms with Gasteiger partial charge in [0.25, 0.3) is 0 Å². The minimum Gasteiger partial charge on any atom is -0.307 e. The van der Waals surface area contributed by atoms with Crippen LogP contribution in [0, 0.1) is 0 Å². The second kappa shape index (κ2) is 2.31. The highest BCUT2D eigenvalue weighted by molar-refractivity contribution is 5.51. The van der Waals surface area contributed by atoms with Gasteiger partial charge >= 0.3 is 6.41 Å². The van der Waals surface area contributed by atoms with Gasteiger partial charge in [-0.2, -0.15) is 0 Å². The van der Waals surface area contributed by atoms with Gasteiger partial charge in [-0.05, 0) is 6.08 Å². The summed E-state index contributed by atoms with van der Waals surface area (Å²) < 4.78 is 0. The molecule has 1 radical (unpaired) electrons. The Morgan fingerprint density at radius 3 is 2.75 bits per heavy atom. The Morgan fingerprint density at radius 2 is 2.38 bits per heavy atom. The first-order valence-corrected chi connectivity index (χ1v) is 2.41. The number of carbonyl (C=O) groups excluding carboxylic acids is 1. The van der Waals surface area contributed by atoms with Crippen molar-refractivity contribution < 1.29 is 4.79 Å². The van der Waals surface area contributed by atoms with Crippen molar-refractivity contribution in [3.63, 3.8) is 0 Å². The smallest absolute Gasteiger partial charge is 0.307 e. The van der Waals surface area contributed by atoms with Crippen LogP contribution in [0.25, 0.3) is 0 Å². The van der Waals surface area contributed by atoms with Gasteiger partial charge in [-0.15, -0.1) is 0 Å². The second-order valence-electron chi connectivity index (χ2n) is 1.51. The van der Waals surface area contributed by atoms with Gasteiger partial charge in [-0.3, -0.25) is 4.79 Å². The minimum atomic E-state index is 0.653. The topological polar surface area (TPSA) is 20.3 Å². The standard InChI is InChI=1S/C6H6NO/c8-6-7-4-2-1-3-5-7/h1-4H,5H2. The predicted molar refractivity (Wildman–Crippen MR) is 30.7 cm³/mol. The molecule has 0 aromatic heterocycles. The third-order valence-electron chi connectivity index (χ3n) is 0.933. The lowest BCUT2D eigenvalue weighted by Crippen LogP contribution is -2.15. The van der Waals surface area contributed by atoms with Crippen LogP contribution in [-0.2, 0) is 4.79 Å². The van der Waals surface area contributed by atoms with Crippen LogP contribution in [0.2, 0.25) is 0 Å². The van der Waals surface area contributed by atoms with E-state index in [1.165, 1.54) is 4.90 Å². The van der Waals surface area contributed by atoms with Crippen molar-refractivity contribution in [3.8, 4) is 0 Å². The summed E-state index contributed by atoms with van der Waals surface area (Å²) >= 11 is 0. The van der Waals surface area contributed by atoms with Gasteiger partial charge in [0.15, 0.2) is 0 Å². The van der Waals surface area contributed by atoms with Gasteiger partial charge < -0.3 is 4.90 Å². The van der Waals surface area contributed by atoms with Crippen LogP contribution in [0.4, 0.5) is 0 Å². The average molecular weight is 108 g/mol. The number of hydrogen-bond acceptors (Lipinski definition) is 1. The van der Waals surface area contributed by atoms with Gasteiger partial charge in [0.1, 0.15) is 0 Å². The van der Waals surface area contributed by atoms with Gasteiger partial charge in [0.05, 0.1) is 0 Å². The molecule has 0 spiro atoms. The lowest BCUT2D eigenvalue weighted by molar-refractivity contribution is 0.482. The van der Waals surface area contributed by atoms with E-state index < -0.39 is 0 Å². The normalized spacial score (nSPS) is 16.8.